The molecule has 0 saturated carbocycles. The summed E-state index contributed by atoms with van der Waals surface area (Å²) in [6.45, 7) is 5.97. The molecule has 10 heteroatoms. The van der Waals surface area contributed by atoms with Crippen LogP contribution >= 0.6 is 7.60 Å². The normalized spacial score (nSPS) is 17.2. The standard InChI is InChI=1S/C22H30FN2O5PS/c1-4-29-31(26,30-5-2)22(24-20-10-8-19(23)9-11-20)14-16-25(17-15-22)32(27,28)21-12-6-18(3)7-13-21/h6-13,24H,4-5,14-17H2,1-3H3. The zero-order valence-electron chi connectivity index (χ0n) is 18.6. The molecule has 0 bridgehead atoms. The van der Waals surface area contributed by atoms with Crippen LogP contribution < -0.4 is 5.32 Å². The van der Waals surface area contributed by atoms with Gasteiger partial charge in [0.25, 0.3) is 0 Å². The smallest absolute Gasteiger partial charge is 0.355 e. The van der Waals surface area contributed by atoms with E-state index in [1.165, 1.54) is 16.4 Å². The van der Waals surface area contributed by atoms with Gasteiger partial charge in [-0.15, -0.1) is 0 Å². The summed E-state index contributed by atoms with van der Waals surface area (Å²) in [7, 11) is -7.38. The van der Waals surface area contributed by atoms with E-state index in [1.54, 1.807) is 50.2 Å². The highest BCUT2D eigenvalue weighted by molar-refractivity contribution is 7.89. The van der Waals surface area contributed by atoms with Crippen LogP contribution in [0.4, 0.5) is 10.1 Å². The van der Waals surface area contributed by atoms with Gasteiger partial charge in [0.15, 0.2) is 0 Å². The molecule has 0 atom stereocenters. The van der Waals surface area contributed by atoms with E-state index in [1.807, 2.05) is 6.92 Å². The van der Waals surface area contributed by atoms with Crippen LogP contribution in [-0.2, 0) is 23.6 Å². The number of halogens is 1. The molecular formula is C22H30FN2O5PS. The van der Waals surface area contributed by atoms with E-state index in [9.17, 15) is 17.4 Å². The first-order chi connectivity index (χ1) is 15.2. The van der Waals surface area contributed by atoms with Crippen molar-refractivity contribution in [3.05, 3.63) is 59.9 Å². The molecule has 0 aliphatic carbocycles. The fourth-order valence-corrected chi connectivity index (χ4v) is 7.55. The lowest BCUT2D eigenvalue weighted by Crippen LogP contribution is -2.51. The lowest BCUT2D eigenvalue weighted by atomic mass is 10.1. The Morgan fingerprint density at radius 3 is 2.03 bits per heavy atom. The van der Waals surface area contributed by atoms with Crippen molar-refractivity contribution in [2.24, 2.45) is 0 Å². The van der Waals surface area contributed by atoms with Crippen LogP contribution in [0.1, 0.15) is 32.3 Å². The minimum atomic E-state index is -3.69. The second-order valence-electron chi connectivity index (χ2n) is 7.71. The maximum absolute atomic E-state index is 13.9. The summed E-state index contributed by atoms with van der Waals surface area (Å²) in [5, 5.41) is 2.11. The van der Waals surface area contributed by atoms with Gasteiger partial charge < -0.3 is 14.4 Å². The highest BCUT2D eigenvalue weighted by Crippen LogP contribution is 2.63. The van der Waals surface area contributed by atoms with E-state index < -0.39 is 22.9 Å². The SMILES string of the molecule is CCOP(=O)(OCC)C1(Nc2ccc(F)cc2)CCN(S(=O)(=O)c2ccc(C)cc2)CC1. The van der Waals surface area contributed by atoms with Crippen LogP contribution in [0.15, 0.2) is 53.4 Å². The van der Waals surface area contributed by atoms with E-state index in [4.69, 9.17) is 9.05 Å². The molecule has 2 aromatic rings. The second kappa shape index (κ2) is 10.0. The first-order valence-electron chi connectivity index (χ1n) is 10.7. The number of piperidine rings is 1. The van der Waals surface area contributed by atoms with E-state index in [0.29, 0.717) is 5.69 Å². The molecule has 1 fully saturated rings. The summed E-state index contributed by atoms with van der Waals surface area (Å²) in [5.74, 6) is -0.388. The zero-order valence-corrected chi connectivity index (χ0v) is 20.3. The van der Waals surface area contributed by atoms with Crippen LogP contribution in [0.5, 0.6) is 0 Å². The van der Waals surface area contributed by atoms with E-state index in [-0.39, 0.29) is 49.9 Å². The summed E-state index contributed by atoms with van der Waals surface area (Å²) in [6, 6.07) is 12.4. The number of rotatable bonds is 9. The average Bonchev–Trinajstić information content (AvgIpc) is 2.76. The number of hydrogen-bond acceptors (Lipinski definition) is 6. The van der Waals surface area contributed by atoms with E-state index in [0.717, 1.165) is 5.56 Å². The molecule has 3 rings (SSSR count). The predicted molar refractivity (Wildman–Crippen MR) is 123 cm³/mol. The van der Waals surface area contributed by atoms with Gasteiger partial charge in [-0.25, -0.2) is 12.8 Å². The number of aryl methyl sites for hydroxylation is 1. The van der Waals surface area contributed by atoms with Crippen LogP contribution in [-0.4, -0.2) is 44.3 Å². The summed E-state index contributed by atoms with van der Waals surface area (Å²) in [4.78, 5) is 0.222. The zero-order chi connectivity index (χ0) is 23.4. The number of nitrogens with zero attached hydrogens (tertiary/aromatic N) is 1. The quantitative estimate of drug-likeness (QED) is 0.505. The van der Waals surface area contributed by atoms with Gasteiger partial charge in [0.05, 0.1) is 18.1 Å². The molecule has 0 amide bonds. The van der Waals surface area contributed by atoms with Gasteiger partial charge in [0.2, 0.25) is 10.0 Å². The van der Waals surface area contributed by atoms with Crippen LogP contribution in [0.3, 0.4) is 0 Å². The molecule has 2 aromatic carbocycles. The maximum Gasteiger partial charge on any atom is 0.355 e. The molecule has 0 unspecified atom stereocenters. The Bertz CT molecular complexity index is 1040. The first-order valence-corrected chi connectivity index (χ1v) is 13.6. The van der Waals surface area contributed by atoms with Crippen molar-refractivity contribution in [1.82, 2.24) is 4.31 Å². The summed E-state index contributed by atoms with van der Waals surface area (Å²) in [5.41, 5.74) is 1.53. The summed E-state index contributed by atoms with van der Waals surface area (Å²) < 4.78 is 66.3. The molecule has 7 nitrogen and oxygen atoms in total. The molecule has 176 valence electrons. The van der Waals surface area contributed by atoms with Gasteiger partial charge in [-0.3, -0.25) is 4.57 Å². The molecule has 32 heavy (non-hydrogen) atoms. The van der Waals surface area contributed by atoms with Crippen LogP contribution in [0, 0.1) is 12.7 Å². The Morgan fingerprint density at radius 2 is 1.53 bits per heavy atom. The van der Waals surface area contributed by atoms with Gasteiger partial charge in [0, 0.05) is 18.8 Å². The van der Waals surface area contributed by atoms with Gasteiger partial charge in [-0.1, -0.05) is 17.7 Å². The lowest BCUT2D eigenvalue weighted by molar-refractivity contribution is 0.179. The van der Waals surface area contributed by atoms with Crippen molar-refractivity contribution >= 4 is 23.3 Å². The minimum absolute atomic E-state index is 0.133. The largest absolute Gasteiger partial charge is 0.369 e. The molecule has 0 spiro atoms. The molecular weight excluding hydrogens is 454 g/mol. The fourth-order valence-electron chi connectivity index (χ4n) is 3.85. The van der Waals surface area contributed by atoms with Gasteiger partial charge in [-0.05, 0) is 70.0 Å². The number of sulfonamides is 1. The third-order valence-corrected chi connectivity index (χ3v) is 10.3. The molecule has 1 aliphatic heterocycles. The van der Waals surface area contributed by atoms with Crippen molar-refractivity contribution in [1.29, 1.82) is 0 Å². The van der Waals surface area contributed by atoms with Crippen LogP contribution in [0.25, 0.3) is 0 Å². The van der Waals surface area contributed by atoms with E-state index in [2.05, 4.69) is 5.32 Å². The molecule has 0 radical (unpaired) electrons. The highest BCUT2D eigenvalue weighted by atomic mass is 32.2. The Kier molecular flexibility index (Phi) is 7.78. The molecule has 1 heterocycles. The third kappa shape index (κ3) is 5.07. The number of anilines is 1. The Morgan fingerprint density at radius 1 is 1.00 bits per heavy atom. The minimum Gasteiger partial charge on any atom is -0.369 e. The Balaban J connectivity index is 1.91. The monoisotopic (exact) mass is 484 g/mol. The molecule has 1 saturated heterocycles. The fraction of sp³-hybridized carbons (Fsp3) is 0.455. The van der Waals surface area contributed by atoms with Crippen molar-refractivity contribution < 1.29 is 26.4 Å². The molecule has 1 aliphatic rings. The first kappa shape index (κ1) is 24.9. The Hall–Kier alpha value is -1.77. The van der Waals surface area contributed by atoms with E-state index >= 15 is 0 Å². The second-order valence-corrected chi connectivity index (χ2v) is 12.0. The van der Waals surface area contributed by atoms with Crippen molar-refractivity contribution in [2.75, 3.05) is 31.6 Å². The molecule has 1 N–H and O–H groups in total. The third-order valence-electron chi connectivity index (χ3n) is 5.55. The number of benzene rings is 2. The predicted octanol–water partition coefficient (Wildman–Crippen LogP) is 4.99. The number of hydrogen-bond donors (Lipinski definition) is 1. The lowest BCUT2D eigenvalue weighted by Gasteiger charge is -2.45. The maximum atomic E-state index is 13.9. The average molecular weight is 485 g/mol. The van der Waals surface area contributed by atoms with Crippen molar-refractivity contribution in [3.8, 4) is 0 Å². The topological polar surface area (TPSA) is 84.9 Å². The van der Waals surface area contributed by atoms with Crippen molar-refractivity contribution in [2.45, 2.75) is 43.8 Å². The summed E-state index contributed by atoms with van der Waals surface area (Å²) >= 11 is 0. The summed E-state index contributed by atoms with van der Waals surface area (Å²) in [6.07, 6.45) is 0.402. The van der Waals surface area contributed by atoms with Crippen molar-refractivity contribution in [3.63, 3.8) is 0 Å². The van der Waals surface area contributed by atoms with Gasteiger partial charge >= 0.3 is 7.60 Å². The van der Waals surface area contributed by atoms with Gasteiger partial charge in [-0.2, -0.15) is 4.31 Å². The van der Waals surface area contributed by atoms with Crippen LogP contribution in [0.2, 0.25) is 0 Å². The highest BCUT2D eigenvalue weighted by Gasteiger charge is 2.53. The molecule has 0 aromatic heterocycles. The van der Waals surface area contributed by atoms with Gasteiger partial charge in [0.1, 0.15) is 11.1 Å². The Labute approximate surface area is 189 Å². The number of nitrogens with one attached hydrogen (secondary N) is 1.